The van der Waals surface area contributed by atoms with Crippen molar-refractivity contribution in [3.63, 3.8) is 0 Å². The first-order valence-electron chi connectivity index (χ1n) is 11.8. The average Bonchev–Trinajstić information content (AvgIpc) is 2.80. The summed E-state index contributed by atoms with van der Waals surface area (Å²) in [5.74, 6) is -3.53. The number of halogens is 3. The Bertz CT molecular complexity index is 1340. The van der Waals surface area contributed by atoms with Gasteiger partial charge < -0.3 is 19.7 Å². The standard InChI is InChI=1S/C29H29F3O6/c1-16-21(17(2)26(34)35)7-6-8-22(16)18-9-12-20(13-10-18)37-15-19-11-14-23(29(30,31)32)25(33)24(19)27(36)38-28(3,4)5/h6-14,17,33H,15H2,1-5H3,(H,34,35). The Hall–Kier alpha value is -4.01. The van der Waals surface area contributed by atoms with Gasteiger partial charge in [0, 0.05) is 5.56 Å². The number of aromatic hydroxyl groups is 1. The van der Waals surface area contributed by atoms with Crippen LogP contribution in [0, 0.1) is 6.92 Å². The molecule has 9 heteroatoms. The third-order valence-corrected chi connectivity index (χ3v) is 5.94. The van der Waals surface area contributed by atoms with E-state index < -0.39 is 46.5 Å². The molecule has 3 rings (SSSR count). The maximum atomic E-state index is 13.4. The SMILES string of the molecule is Cc1c(-c2ccc(OCc3ccc(C(F)(F)F)c(O)c3C(=O)OC(C)(C)C)cc2)cccc1C(C)C(=O)O. The van der Waals surface area contributed by atoms with Crippen molar-refractivity contribution in [1.29, 1.82) is 0 Å². The molecular weight excluding hydrogens is 501 g/mol. The average molecular weight is 531 g/mol. The Morgan fingerprint density at radius 3 is 2.16 bits per heavy atom. The van der Waals surface area contributed by atoms with Gasteiger partial charge in [0.25, 0.3) is 0 Å². The first kappa shape index (κ1) is 28.6. The summed E-state index contributed by atoms with van der Waals surface area (Å²) in [6, 6.07) is 14.1. The van der Waals surface area contributed by atoms with Crippen molar-refractivity contribution in [2.75, 3.05) is 0 Å². The number of ether oxygens (including phenoxy) is 2. The second kappa shape index (κ2) is 10.8. The molecule has 0 aromatic heterocycles. The van der Waals surface area contributed by atoms with Gasteiger partial charge in [-0.3, -0.25) is 4.79 Å². The van der Waals surface area contributed by atoms with Crippen LogP contribution in [0.25, 0.3) is 11.1 Å². The number of hydrogen-bond donors (Lipinski definition) is 2. The Morgan fingerprint density at radius 1 is 0.974 bits per heavy atom. The monoisotopic (exact) mass is 530 g/mol. The zero-order valence-electron chi connectivity index (χ0n) is 21.6. The van der Waals surface area contributed by atoms with Crippen LogP contribution in [0.2, 0.25) is 0 Å². The Morgan fingerprint density at radius 2 is 1.61 bits per heavy atom. The molecule has 0 aliphatic heterocycles. The summed E-state index contributed by atoms with van der Waals surface area (Å²) in [4.78, 5) is 24.1. The lowest BCUT2D eigenvalue weighted by Crippen LogP contribution is -2.25. The van der Waals surface area contributed by atoms with E-state index in [4.69, 9.17) is 9.47 Å². The van der Waals surface area contributed by atoms with Crippen LogP contribution in [0.1, 0.15) is 66.2 Å². The highest BCUT2D eigenvalue weighted by Gasteiger charge is 2.37. The minimum absolute atomic E-state index is 0.0278. The molecule has 1 unspecified atom stereocenters. The lowest BCUT2D eigenvalue weighted by molar-refractivity contribution is -0.139. The highest BCUT2D eigenvalue weighted by molar-refractivity contribution is 5.95. The molecule has 0 bridgehead atoms. The molecule has 1 atom stereocenters. The fraction of sp³-hybridized carbons (Fsp3) is 0.310. The lowest BCUT2D eigenvalue weighted by Gasteiger charge is -2.22. The van der Waals surface area contributed by atoms with E-state index in [-0.39, 0.29) is 12.2 Å². The Kier molecular flexibility index (Phi) is 8.09. The predicted molar refractivity (Wildman–Crippen MR) is 135 cm³/mol. The van der Waals surface area contributed by atoms with Crippen LogP contribution in [0.4, 0.5) is 13.2 Å². The minimum atomic E-state index is -4.87. The van der Waals surface area contributed by atoms with Crippen LogP contribution < -0.4 is 4.74 Å². The summed E-state index contributed by atoms with van der Waals surface area (Å²) in [5.41, 5.74) is 0.277. The summed E-state index contributed by atoms with van der Waals surface area (Å²) in [5, 5.41) is 19.7. The van der Waals surface area contributed by atoms with Gasteiger partial charge in [0.1, 0.15) is 29.3 Å². The van der Waals surface area contributed by atoms with Crippen LogP contribution in [0.3, 0.4) is 0 Å². The number of phenols is 1. The first-order valence-corrected chi connectivity index (χ1v) is 11.8. The number of rotatable bonds is 7. The number of esters is 1. The molecule has 3 aromatic carbocycles. The molecule has 0 heterocycles. The molecule has 2 N–H and O–H groups in total. The summed E-state index contributed by atoms with van der Waals surface area (Å²) in [6.45, 7) is 7.86. The molecule has 0 aliphatic rings. The topological polar surface area (TPSA) is 93.1 Å². The van der Waals surface area contributed by atoms with Crippen LogP contribution in [0.15, 0.2) is 54.6 Å². The van der Waals surface area contributed by atoms with Gasteiger partial charge in [-0.05, 0) is 75.1 Å². The van der Waals surface area contributed by atoms with Crippen molar-refractivity contribution in [3.05, 3.63) is 82.4 Å². The third kappa shape index (κ3) is 6.45. The number of alkyl halides is 3. The van der Waals surface area contributed by atoms with E-state index in [1.807, 2.05) is 13.0 Å². The minimum Gasteiger partial charge on any atom is -0.506 e. The van der Waals surface area contributed by atoms with E-state index in [2.05, 4.69) is 0 Å². The fourth-order valence-electron chi connectivity index (χ4n) is 4.00. The molecule has 0 radical (unpaired) electrons. The molecule has 6 nitrogen and oxygen atoms in total. The normalized spacial score (nSPS) is 12.6. The van der Waals surface area contributed by atoms with Gasteiger partial charge >= 0.3 is 18.1 Å². The second-order valence-electron chi connectivity index (χ2n) is 9.89. The number of benzene rings is 3. The lowest BCUT2D eigenvalue weighted by atomic mass is 9.90. The molecule has 38 heavy (non-hydrogen) atoms. The van der Waals surface area contributed by atoms with Gasteiger partial charge in [-0.1, -0.05) is 36.4 Å². The summed E-state index contributed by atoms with van der Waals surface area (Å²) in [6.07, 6.45) is -4.87. The molecule has 3 aromatic rings. The zero-order valence-corrected chi connectivity index (χ0v) is 21.6. The quantitative estimate of drug-likeness (QED) is 0.316. The smallest absolute Gasteiger partial charge is 0.419 e. The summed E-state index contributed by atoms with van der Waals surface area (Å²) < 4.78 is 51.0. The number of carboxylic acids is 1. The zero-order chi connectivity index (χ0) is 28.4. The number of carbonyl (C=O) groups is 2. The van der Waals surface area contributed by atoms with Gasteiger partial charge in [-0.2, -0.15) is 13.2 Å². The second-order valence-corrected chi connectivity index (χ2v) is 9.89. The van der Waals surface area contributed by atoms with E-state index >= 15 is 0 Å². The van der Waals surface area contributed by atoms with E-state index in [1.54, 1.807) is 64.1 Å². The summed E-state index contributed by atoms with van der Waals surface area (Å²) >= 11 is 0. The van der Waals surface area contributed by atoms with E-state index in [0.29, 0.717) is 17.4 Å². The largest absolute Gasteiger partial charge is 0.506 e. The third-order valence-electron chi connectivity index (χ3n) is 5.94. The van der Waals surface area contributed by atoms with Gasteiger partial charge in [-0.25, -0.2) is 4.79 Å². The van der Waals surface area contributed by atoms with Crippen molar-refractivity contribution < 1.29 is 42.4 Å². The molecule has 0 spiro atoms. The molecule has 0 fully saturated rings. The van der Waals surface area contributed by atoms with Crippen molar-refractivity contribution in [2.24, 2.45) is 0 Å². The van der Waals surface area contributed by atoms with Gasteiger partial charge in [0.05, 0.1) is 11.5 Å². The van der Waals surface area contributed by atoms with Crippen LogP contribution in [-0.2, 0) is 22.3 Å². The fourth-order valence-corrected chi connectivity index (χ4v) is 4.00. The van der Waals surface area contributed by atoms with E-state index in [0.717, 1.165) is 22.8 Å². The number of carbonyl (C=O) groups excluding carboxylic acids is 1. The highest BCUT2D eigenvalue weighted by Crippen LogP contribution is 2.40. The van der Waals surface area contributed by atoms with Gasteiger partial charge in [-0.15, -0.1) is 0 Å². The molecule has 202 valence electrons. The first-order chi connectivity index (χ1) is 17.6. The molecular formula is C29H29F3O6. The molecule has 0 amide bonds. The number of hydrogen-bond acceptors (Lipinski definition) is 5. The van der Waals surface area contributed by atoms with Crippen LogP contribution in [-0.4, -0.2) is 27.8 Å². The molecule has 0 aliphatic carbocycles. The van der Waals surface area contributed by atoms with Crippen molar-refractivity contribution in [2.45, 2.75) is 58.9 Å². The Labute approximate surface area is 218 Å². The van der Waals surface area contributed by atoms with Crippen LogP contribution >= 0.6 is 0 Å². The molecule has 0 saturated carbocycles. The van der Waals surface area contributed by atoms with E-state index in [9.17, 15) is 33.0 Å². The number of aliphatic carboxylic acids is 1. The maximum absolute atomic E-state index is 13.4. The number of carboxylic acid groups (broad SMARTS) is 1. The summed E-state index contributed by atoms with van der Waals surface area (Å²) in [7, 11) is 0. The van der Waals surface area contributed by atoms with Crippen LogP contribution in [0.5, 0.6) is 11.5 Å². The van der Waals surface area contributed by atoms with Crippen molar-refractivity contribution >= 4 is 11.9 Å². The van der Waals surface area contributed by atoms with E-state index in [1.165, 1.54) is 0 Å². The molecule has 0 saturated heterocycles. The highest BCUT2D eigenvalue weighted by atomic mass is 19.4. The van der Waals surface area contributed by atoms with Gasteiger partial charge in [0.2, 0.25) is 0 Å². The number of phenolic OH excluding ortho intramolecular Hbond substituents is 1. The Balaban J connectivity index is 1.88. The van der Waals surface area contributed by atoms with Crippen molar-refractivity contribution in [3.8, 4) is 22.6 Å². The van der Waals surface area contributed by atoms with Gasteiger partial charge in [0.15, 0.2) is 0 Å². The maximum Gasteiger partial charge on any atom is 0.419 e. The predicted octanol–water partition coefficient (Wildman–Crippen LogP) is 7.11. The van der Waals surface area contributed by atoms with Crippen molar-refractivity contribution in [1.82, 2.24) is 0 Å².